The SMILES string of the molecule is O=C(NC1CCc2ccc(F)cc21)c1ccc2nc(N3CCNCC3)sc2c1. The van der Waals surface area contributed by atoms with Gasteiger partial charge >= 0.3 is 0 Å². The number of halogens is 1. The standard InChI is InChI=1S/C21H21FN4OS/c22-15-4-1-13-2-5-17(16(13)12-15)24-20(27)14-3-6-18-19(11-14)28-21(25-18)26-9-7-23-8-10-26/h1,3-4,6,11-12,17,23H,2,5,7-10H2,(H,24,27). The Morgan fingerprint density at radius 1 is 1.21 bits per heavy atom. The third-order valence-corrected chi connectivity index (χ3v) is 6.60. The van der Waals surface area contributed by atoms with E-state index < -0.39 is 0 Å². The fraction of sp³-hybridized carbons (Fsp3) is 0.333. The molecule has 2 aliphatic rings. The number of nitrogens with one attached hydrogen (secondary N) is 2. The highest BCUT2D eigenvalue weighted by Crippen LogP contribution is 2.33. The second-order valence-electron chi connectivity index (χ2n) is 7.32. The number of hydrogen-bond acceptors (Lipinski definition) is 5. The maximum atomic E-state index is 13.6. The first-order chi connectivity index (χ1) is 13.7. The Morgan fingerprint density at radius 3 is 2.93 bits per heavy atom. The Kier molecular flexibility index (Phi) is 4.49. The first kappa shape index (κ1) is 17.6. The summed E-state index contributed by atoms with van der Waals surface area (Å²) >= 11 is 1.63. The minimum atomic E-state index is -0.258. The molecule has 144 valence electrons. The zero-order valence-corrected chi connectivity index (χ0v) is 16.2. The largest absolute Gasteiger partial charge is 0.346 e. The van der Waals surface area contributed by atoms with Crippen LogP contribution in [0.3, 0.4) is 0 Å². The molecule has 0 radical (unpaired) electrons. The lowest BCUT2D eigenvalue weighted by Crippen LogP contribution is -2.43. The van der Waals surface area contributed by atoms with E-state index in [-0.39, 0.29) is 17.8 Å². The van der Waals surface area contributed by atoms with Gasteiger partial charge in [0.15, 0.2) is 5.13 Å². The molecule has 5 rings (SSSR count). The summed E-state index contributed by atoms with van der Waals surface area (Å²) < 4.78 is 14.6. The van der Waals surface area contributed by atoms with Crippen molar-refractivity contribution in [2.75, 3.05) is 31.1 Å². The molecule has 28 heavy (non-hydrogen) atoms. The van der Waals surface area contributed by atoms with Gasteiger partial charge in [0.25, 0.3) is 5.91 Å². The maximum Gasteiger partial charge on any atom is 0.251 e. The smallest absolute Gasteiger partial charge is 0.251 e. The zero-order valence-electron chi connectivity index (χ0n) is 15.4. The molecule has 1 saturated heterocycles. The number of nitrogens with zero attached hydrogens (tertiary/aromatic N) is 2. The molecule has 2 heterocycles. The number of anilines is 1. The third kappa shape index (κ3) is 3.25. The van der Waals surface area contributed by atoms with Crippen LogP contribution in [0, 0.1) is 5.82 Å². The van der Waals surface area contributed by atoms with Gasteiger partial charge in [-0.15, -0.1) is 0 Å². The van der Waals surface area contributed by atoms with Crippen molar-refractivity contribution >= 4 is 32.6 Å². The molecule has 0 bridgehead atoms. The van der Waals surface area contributed by atoms with Crippen LogP contribution >= 0.6 is 11.3 Å². The van der Waals surface area contributed by atoms with Crippen molar-refractivity contribution < 1.29 is 9.18 Å². The molecule has 2 N–H and O–H groups in total. The van der Waals surface area contributed by atoms with Crippen molar-refractivity contribution in [1.82, 2.24) is 15.6 Å². The number of aryl methyl sites for hydroxylation is 1. The zero-order chi connectivity index (χ0) is 19.1. The van der Waals surface area contributed by atoms with E-state index in [1.807, 2.05) is 24.3 Å². The van der Waals surface area contributed by atoms with E-state index in [2.05, 4.69) is 15.5 Å². The van der Waals surface area contributed by atoms with Crippen LogP contribution in [-0.2, 0) is 6.42 Å². The summed E-state index contributed by atoms with van der Waals surface area (Å²) in [4.78, 5) is 19.8. The van der Waals surface area contributed by atoms with E-state index in [1.54, 1.807) is 17.4 Å². The van der Waals surface area contributed by atoms with Gasteiger partial charge in [0.05, 0.1) is 16.3 Å². The molecule has 1 amide bonds. The number of benzene rings is 2. The Morgan fingerprint density at radius 2 is 2.07 bits per heavy atom. The van der Waals surface area contributed by atoms with E-state index >= 15 is 0 Å². The molecule has 3 aromatic rings. The van der Waals surface area contributed by atoms with Gasteiger partial charge in [-0.1, -0.05) is 17.4 Å². The predicted molar refractivity (Wildman–Crippen MR) is 110 cm³/mol. The van der Waals surface area contributed by atoms with Crippen molar-refractivity contribution in [1.29, 1.82) is 0 Å². The molecule has 1 aliphatic carbocycles. The van der Waals surface area contributed by atoms with Crippen molar-refractivity contribution in [3.63, 3.8) is 0 Å². The lowest BCUT2D eigenvalue weighted by atomic mass is 10.1. The fourth-order valence-electron chi connectivity index (χ4n) is 4.01. The summed E-state index contributed by atoms with van der Waals surface area (Å²) in [5.74, 6) is -0.382. The maximum absolute atomic E-state index is 13.6. The summed E-state index contributed by atoms with van der Waals surface area (Å²) in [6.07, 6.45) is 1.67. The average Bonchev–Trinajstić information content (AvgIpc) is 3.32. The number of hydrogen-bond donors (Lipinski definition) is 2. The quantitative estimate of drug-likeness (QED) is 0.714. The summed E-state index contributed by atoms with van der Waals surface area (Å²) in [6, 6.07) is 10.4. The monoisotopic (exact) mass is 396 g/mol. The topological polar surface area (TPSA) is 57.3 Å². The van der Waals surface area contributed by atoms with Crippen LogP contribution in [0.1, 0.15) is 33.9 Å². The van der Waals surface area contributed by atoms with E-state index in [4.69, 9.17) is 4.98 Å². The average molecular weight is 396 g/mol. The van der Waals surface area contributed by atoms with Crippen LogP contribution in [0.4, 0.5) is 9.52 Å². The molecule has 5 nitrogen and oxygen atoms in total. The van der Waals surface area contributed by atoms with Gasteiger partial charge in [-0.25, -0.2) is 9.37 Å². The van der Waals surface area contributed by atoms with Gasteiger partial charge in [-0.3, -0.25) is 4.79 Å². The highest BCUT2D eigenvalue weighted by Gasteiger charge is 2.25. The highest BCUT2D eigenvalue weighted by molar-refractivity contribution is 7.22. The van der Waals surface area contributed by atoms with Gasteiger partial charge in [-0.05, 0) is 54.3 Å². The van der Waals surface area contributed by atoms with Gasteiger partial charge in [0, 0.05) is 31.7 Å². The number of amides is 1. The Balaban J connectivity index is 1.36. The van der Waals surface area contributed by atoms with Crippen molar-refractivity contribution in [2.45, 2.75) is 18.9 Å². The van der Waals surface area contributed by atoms with Gasteiger partial charge < -0.3 is 15.5 Å². The lowest BCUT2D eigenvalue weighted by molar-refractivity contribution is 0.0937. The molecular weight excluding hydrogens is 375 g/mol. The van der Waals surface area contributed by atoms with Crippen LogP contribution < -0.4 is 15.5 Å². The summed E-state index contributed by atoms with van der Waals surface area (Å²) in [6.45, 7) is 3.83. The molecule has 1 fully saturated rings. The van der Waals surface area contributed by atoms with Crippen LogP contribution in [0.2, 0.25) is 0 Å². The number of thiazole rings is 1. The fourth-order valence-corrected chi connectivity index (χ4v) is 5.07. The van der Waals surface area contributed by atoms with Gasteiger partial charge in [-0.2, -0.15) is 0 Å². The molecule has 1 atom stereocenters. The first-order valence-electron chi connectivity index (χ1n) is 9.63. The number of piperazine rings is 1. The Bertz CT molecular complexity index is 1040. The predicted octanol–water partition coefficient (Wildman–Crippen LogP) is 3.26. The van der Waals surface area contributed by atoms with Gasteiger partial charge in [0.2, 0.25) is 0 Å². The van der Waals surface area contributed by atoms with E-state index in [1.165, 1.54) is 6.07 Å². The van der Waals surface area contributed by atoms with Crippen LogP contribution in [0.25, 0.3) is 10.2 Å². The summed E-state index contributed by atoms with van der Waals surface area (Å²) in [5, 5.41) is 7.43. The molecule has 1 aromatic heterocycles. The van der Waals surface area contributed by atoms with Crippen molar-refractivity contribution in [3.8, 4) is 0 Å². The second kappa shape index (κ2) is 7.14. The van der Waals surface area contributed by atoms with Crippen molar-refractivity contribution in [2.24, 2.45) is 0 Å². The minimum absolute atomic E-state index is 0.124. The molecule has 1 unspecified atom stereocenters. The molecule has 2 aromatic carbocycles. The van der Waals surface area contributed by atoms with E-state index in [9.17, 15) is 9.18 Å². The molecule has 7 heteroatoms. The number of fused-ring (bicyclic) bond motifs is 2. The van der Waals surface area contributed by atoms with E-state index in [0.717, 1.165) is 65.5 Å². The normalized spacial score (nSPS) is 19.0. The van der Waals surface area contributed by atoms with Crippen LogP contribution in [0.5, 0.6) is 0 Å². The minimum Gasteiger partial charge on any atom is -0.346 e. The second-order valence-corrected chi connectivity index (χ2v) is 8.33. The van der Waals surface area contributed by atoms with E-state index in [0.29, 0.717) is 5.56 Å². The van der Waals surface area contributed by atoms with Crippen LogP contribution in [-0.4, -0.2) is 37.1 Å². The Labute approximate surface area is 166 Å². The van der Waals surface area contributed by atoms with Gasteiger partial charge in [0.1, 0.15) is 5.82 Å². The van der Waals surface area contributed by atoms with Crippen molar-refractivity contribution in [3.05, 3.63) is 58.9 Å². The molecule has 0 saturated carbocycles. The number of rotatable bonds is 3. The Hall–Kier alpha value is -2.51. The molecular formula is C21H21FN4OS. The summed E-state index contributed by atoms with van der Waals surface area (Å²) in [7, 11) is 0. The molecule has 0 spiro atoms. The number of aromatic nitrogens is 1. The third-order valence-electron chi connectivity index (χ3n) is 5.52. The summed E-state index contributed by atoms with van der Waals surface area (Å²) in [5.41, 5.74) is 3.55. The van der Waals surface area contributed by atoms with Crippen LogP contribution in [0.15, 0.2) is 36.4 Å². The lowest BCUT2D eigenvalue weighted by Gasteiger charge is -2.26. The molecule has 1 aliphatic heterocycles. The highest BCUT2D eigenvalue weighted by atomic mass is 32.1. The first-order valence-corrected chi connectivity index (χ1v) is 10.4. The number of carbonyl (C=O) groups is 1. The number of carbonyl (C=O) groups excluding carboxylic acids is 1.